The Balaban J connectivity index is 0.000000190. The molecular weight excluding hydrogens is 1090 g/mol. The molecule has 0 unspecified atom stereocenters. The summed E-state index contributed by atoms with van der Waals surface area (Å²) in [6.45, 7) is 8.71. The van der Waals surface area contributed by atoms with Crippen molar-refractivity contribution in [3.8, 4) is 33.9 Å². The molecule has 414 valence electrons. The molecule has 4 aromatic carbocycles. The molecule has 2 aromatic heterocycles. The van der Waals surface area contributed by atoms with Gasteiger partial charge in [0.25, 0.3) is 11.8 Å². The molecule has 4 aliphatic rings. The highest BCUT2D eigenvalue weighted by molar-refractivity contribution is 6.36. The number of piperidine rings is 2. The number of aromatic nitrogens is 2. The van der Waals surface area contributed by atoms with Crippen LogP contribution >= 0.6 is 46.4 Å². The molecule has 2 fully saturated rings. The maximum Gasteiger partial charge on any atom is 0.389 e. The average molecular weight is 1150 g/mol. The minimum absolute atomic E-state index is 0.00459. The Kier molecular flexibility index (Phi) is 18.2. The topological polar surface area (TPSA) is 57.0 Å². The van der Waals surface area contributed by atoms with Gasteiger partial charge in [-0.05, 0) is 135 Å². The molecule has 2 amide bonds. The SMILES string of the molecule is Cc1c2c(n(-c3ccc(Cl)cc3Cl)c1-c1ccc(/C=C/CCC(F)(F)F)cc1)CCN(N1CCCCC1)C2=O.Cc1c2c(n(-c3ccc(Cl)cc3Cl)c1-c1ccc(CCCCC(F)(F)F)cc1)CCN(N1CCCCC1)C2=O. The molecule has 78 heavy (non-hydrogen) atoms. The maximum atomic E-state index is 13.9. The van der Waals surface area contributed by atoms with E-state index in [1.165, 1.54) is 18.9 Å². The molecule has 4 aliphatic heterocycles. The van der Waals surface area contributed by atoms with Crippen LogP contribution in [0.4, 0.5) is 26.3 Å². The van der Waals surface area contributed by atoms with E-state index >= 15 is 0 Å². The number of allylic oxidation sites excluding steroid dienone is 1. The second-order valence-corrected chi connectivity index (χ2v) is 22.2. The number of alkyl halides is 6. The van der Waals surface area contributed by atoms with Crippen molar-refractivity contribution in [2.45, 2.75) is 116 Å². The van der Waals surface area contributed by atoms with Gasteiger partial charge in [0.1, 0.15) is 0 Å². The molecule has 0 saturated carbocycles. The Bertz CT molecular complexity index is 3160. The summed E-state index contributed by atoms with van der Waals surface area (Å²) in [5, 5.41) is 10.2. The fraction of sp³-hybridized carbons (Fsp3) is 0.400. The fourth-order valence-corrected chi connectivity index (χ4v) is 12.4. The maximum absolute atomic E-state index is 13.9. The molecule has 0 spiro atoms. The van der Waals surface area contributed by atoms with Gasteiger partial charge in [-0.1, -0.05) is 120 Å². The number of unbranched alkanes of at least 4 members (excludes halogenated alkanes) is 1. The summed E-state index contributed by atoms with van der Waals surface area (Å²) in [5.41, 5.74) is 11.9. The summed E-state index contributed by atoms with van der Waals surface area (Å²) >= 11 is 25.8. The summed E-state index contributed by atoms with van der Waals surface area (Å²) in [5.74, 6) is 0.0203. The van der Waals surface area contributed by atoms with Crippen molar-refractivity contribution in [2.24, 2.45) is 0 Å². The van der Waals surface area contributed by atoms with Crippen LogP contribution in [0, 0.1) is 13.8 Å². The van der Waals surface area contributed by atoms with E-state index in [1.54, 1.807) is 30.3 Å². The van der Waals surface area contributed by atoms with Gasteiger partial charge >= 0.3 is 12.4 Å². The molecule has 0 N–H and O–H groups in total. The second-order valence-electron chi connectivity index (χ2n) is 20.5. The van der Waals surface area contributed by atoms with Crippen LogP contribution in [0.2, 0.25) is 20.1 Å². The molecule has 18 heteroatoms. The Hall–Kier alpha value is -5.22. The number of aryl methyl sites for hydroxylation is 1. The molecular formula is C60H62Cl4F6N6O2. The van der Waals surface area contributed by atoms with E-state index < -0.39 is 25.2 Å². The predicted octanol–water partition coefficient (Wildman–Crippen LogP) is 16.9. The molecule has 2 saturated heterocycles. The molecule has 0 bridgehead atoms. The van der Waals surface area contributed by atoms with Crippen molar-refractivity contribution in [1.82, 2.24) is 29.2 Å². The molecule has 0 radical (unpaired) electrons. The van der Waals surface area contributed by atoms with E-state index in [0.29, 0.717) is 70.0 Å². The number of nitrogens with zero attached hydrogens (tertiary/aromatic N) is 6. The van der Waals surface area contributed by atoms with Crippen LogP contribution in [-0.2, 0) is 19.3 Å². The zero-order chi connectivity index (χ0) is 55.5. The van der Waals surface area contributed by atoms with Crippen LogP contribution in [0.25, 0.3) is 40.0 Å². The minimum Gasteiger partial charge on any atom is -0.311 e. The standard InChI is InChI=1S/C30H32Cl2F3N3O.C30H30Cl2F3N3O/c2*1-20-27-26(14-18-37(29(27)39)36-16-5-2-6-17-36)38(25-13-12-23(31)19-24(25)32)28(20)22-10-8-21(9-11-22)7-3-4-15-30(33,34)35/h8-13,19H,2-7,14-18H2,1H3;3,7-13,19H,2,4-6,14-18H2,1H3/b;7-3+. The van der Waals surface area contributed by atoms with E-state index in [-0.39, 0.29) is 24.7 Å². The van der Waals surface area contributed by atoms with Crippen molar-refractivity contribution in [3.63, 3.8) is 0 Å². The fourth-order valence-electron chi connectivity index (χ4n) is 11.5. The van der Waals surface area contributed by atoms with E-state index in [4.69, 9.17) is 46.4 Å². The lowest BCUT2D eigenvalue weighted by Gasteiger charge is -2.39. The first-order chi connectivity index (χ1) is 37.3. The Labute approximate surface area is 472 Å². The number of hydrogen-bond donors (Lipinski definition) is 0. The molecule has 8 nitrogen and oxygen atoms in total. The molecule has 0 aliphatic carbocycles. The van der Waals surface area contributed by atoms with Crippen molar-refractivity contribution < 1.29 is 35.9 Å². The third-order valence-electron chi connectivity index (χ3n) is 15.2. The van der Waals surface area contributed by atoms with Crippen LogP contribution in [-0.4, -0.2) is 92.6 Å². The zero-order valence-electron chi connectivity index (χ0n) is 43.7. The summed E-state index contributed by atoms with van der Waals surface area (Å²) < 4.78 is 79.0. The first-order valence-corrected chi connectivity index (χ1v) is 28.3. The van der Waals surface area contributed by atoms with Gasteiger partial charge < -0.3 is 9.13 Å². The first-order valence-electron chi connectivity index (χ1n) is 26.8. The molecule has 0 atom stereocenters. The third-order valence-corrected chi connectivity index (χ3v) is 16.3. The van der Waals surface area contributed by atoms with Gasteiger partial charge in [-0.3, -0.25) is 19.6 Å². The Morgan fingerprint density at radius 1 is 0.526 bits per heavy atom. The van der Waals surface area contributed by atoms with Gasteiger partial charge in [-0.2, -0.15) is 26.3 Å². The number of hydrazine groups is 2. The van der Waals surface area contributed by atoms with Gasteiger partial charge in [0.05, 0.1) is 43.9 Å². The van der Waals surface area contributed by atoms with Crippen LogP contribution in [0.5, 0.6) is 0 Å². The van der Waals surface area contributed by atoms with E-state index in [9.17, 15) is 35.9 Å². The van der Waals surface area contributed by atoms with E-state index in [1.807, 2.05) is 84.5 Å². The smallest absolute Gasteiger partial charge is 0.311 e. The highest BCUT2D eigenvalue weighted by atomic mass is 35.5. The number of carbonyl (C=O) groups excluding carboxylic acids is 2. The summed E-state index contributed by atoms with van der Waals surface area (Å²) in [6.07, 6.45) is 2.55. The Morgan fingerprint density at radius 2 is 0.962 bits per heavy atom. The number of halogens is 10. The third kappa shape index (κ3) is 13.0. The van der Waals surface area contributed by atoms with E-state index in [2.05, 4.69) is 19.2 Å². The summed E-state index contributed by atoms with van der Waals surface area (Å²) in [4.78, 5) is 27.8. The van der Waals surface area contributed by atoms with Crippen LogP contribution < -0.4 is 0 Å². The lowest BCUT2D eigenvalue weighted by atomic mass is 9.99. The Morgan fingerprint density at radius 3 is 1.38 bits per heavy atom. The van der Waals surface area contributed by atoms with Gasteiger partial charge in [0.2, 0.25) is 0 Å². The largest absolute Gasteiger partial charge is 0.389 e. The number of amides is 2. The molecule has 10 rings (SSSR count). The van der Waals surface area contributed by atoms with Crippen molar-refractivity contribution >= 4 is 64.3 Å². The molecule has 6 heterocycles. The number of carbonyl (C=O) groups is 2. The van der Waals surface area contributed by atoms with Crippen molar-refractivity contribution in [2.75, 3.05) is 39.3 Å². The average Bonchev–Trinajstić information content (AvgIpc) is 4.10. The number of hydrogen-bond acceptors (Lipinski definition) is 4. The predicted molar refractivity (Wildman–Crippen MR) is 300 cm³/mol. The zero-order valence-corrected chi connectivity index (χ0v) is 46.7. The van der Waals surface area contributed by atoms with Gasteiger partial charge in [0.15, 0.2) is 0 Å². The lowest BCUT2D eigenvalue weighted by Crippen LogP contribution is -2.51. The monoisotopic (exact) mass is 1150 g/mol. The minimum atomic E-state index is -4.17. The van der Waals surface area contributed by atoms with E-state index in [0.717, 1.165) is 119 Å². The van der Waals surface area contributed by atoms with Crippen LogP contribution in [0.15, 0.2) is 91.0 Å². The normalized spacial score (nSPS) is 16.7. The number of rotatable bonds is 13. The quantitative estimate of drug-likeness (QED) is 0.0854. The van der Waals surface area contributed by atoms with Gasteiger partial charge in [-0.15, -0.1) is 0 Å². The summed E-state index contributed by atoms with van der Waals surface area (Å²) in [7, 11) is 0. The number of fused-ring (bicyclic) bond motifs is 2. The second kappa shape index (κ2) is 24.7. The van der Waals surface area contributed by atoms with Crippen LogP contribution in [0.1, 0.15) is 125 Å². The van der Waals surface area contributed by atoms with Crippen molar-refractivity contribution in [1.29, 1.82) is 0 Å². The van der Waals surface area contributed by atoms with Gasteiger partial charge in [-0.25, -0.2) is 10.0 Å². The van der Waals surface area contributed by atoms with Crippen LogP contribution in [0.3, 0.4) is 0 Å². The highest BCUT2D eigenvalue weighted by Crippen LogP contribution is 2.42. The summed E-state index contributed by atoms with van der Waals surface area (Å²) in [6, 6.07) is 26.3. The first kappa shape index (κ1) is 57.5. The number of benzene rings is 4. The van der Waals surface area contributed by atoms with Crippen molar-refractivity contribution in [3.05, 3.63) is 156 Å². The molecule has 6 aromatic rings. The highest BCUT2D eigenvalue weighted by Gasteiger charge is 2.38. The lowest BCUT2D eigenvalue weighted by molar-refractivity contribution is -0.135. The van der Waals surface area contributed by atoms with Gasteiger partial charge in [0, 0.05) is 86.4 Å².